The summed E-state index contributed by atoms with van der Waals surface area (Å²) >= 11 is 0. The summed E-state index contributed by atoms with van der Waals surface area (Å²) in [6.07, 6.45) is -10.5. The van der Waals surface area contributed by atoms with Gasteiger partial charge in [-0.1, -0.05) is 0 Å². The first-order valence-corrected chi connectivity index (χ1v) is 7.39. The first-order valence-electron chi connectivity index (χ1n) is 7.39. The summed E-state index contributed by atoms with van der Waals surface area (Å²) in [6.45, 7) is 1.11. The molecule has 4 unspecified atom stereocenters. The van der Waals surface area contributed by atoms with Crippen LogP contribution in [0.4, 0.5) is 31.1 Å². The molecule has 1 aromatic rings. The summed E-state index contributed by atoms with van der Waals surface area (Å²) in [5.41, 5.74) is 4.19. The van der Waals surface area contributed by atoms with E-state index >= 15 is 0 Å². The maximum atomic E-state index is 14.1. The van der Waals surface area contributed by atoms with E-state index in [9.17, 15) is 35.9 Å². The third-order valence-corrected chi connectivity index (χ3v) is 4.17. The summed E-state index contributed by atoms with van der Waals surface area (Å²) in [5, 5.41) is 0. The van der Waals surface area contributed by atoms with Gasteiger partial charge in [0, 0.05) is 24.4 Å². The molecule has 0 aromatic heterocycles. The third-order valence-electron chi connectivity index (χ3n) is 4.17. The number of nitrogens with two attached hydrogens (primary N) is 1. The number of piperidine rings is 1. The molecule has 0 spiro atoms. The third kappa shape index (κ3) is 3.70. The van der Waals surface area contributed by atoms with E-state index in [1.807, 2.05) is 0 Å². The summed E-state index contributed by atoms with van der Waals surface area (Å²) < 4.78 is 85.0. The van der Waals surface area contributed by atoms with Gasteiger partial charge in [-0.3, -0.25) is 4.79 Å². The normalized spacial score (nSPS) is 24.7. The van der Waals surface area contributed by atoms with Gasteiger partial charge in [0.05, 0.1) is 0 Å². The quantitative estimate of drug-likeness (QED) is 0.493. The second kappa shape index (κ2) is 7.42. The van der Waals surface area contributed by atoms with E-state index in [1.165, 1.54) is 0 Å². The van der Waals surface area contributed by atoms with Crippen molar-refractivity contribution in [1.82, 2.24) is 4.90 Å². The summed E-state index contributed by atoms with van der Waals surface area (Å²) in [5.74, 6) is -6.83. The highest BCUT2D eigenvalue weighted by molar-refractivity contribution is 5.85. The minimum Gasteiger partial charge on any atom is -0.436 e. The smallest absolute Gasteiger partial charge is 0.405 e. The molecule has 4 atom stereocenters. The fourth-order valence-electron chi connectivity index (χ4n) is 3.03. The Morgan fingerprint density at radius 1 is 1.27 bits per heavy atom. The molecule has 1 aliphatic rings. The second-order valence-electron chi connectivity index (χ2n) is 5.75. The number of hydrogen-bond acceptors (Lipinski definition) is 3. The molecule has 1 heterocycles. The van der Waals surface area contributed by atoms with Crippen LogP contribution in [-0.4, -0.2) is 41.8 Å². The number of rotatable bonds is 4. The summed E-state index contributed by atoms with van der Waals surface area (Å²) in [6, 6.07) is -0.538. The summed E-state index contributed by atoms with van der Waals surface area (Å²) in [4.78, 5) is 23.2. The zero-order valence-corrected chi connectivity index (χ0v) is 13.3. The Kier molecular flexibility index (Phi) is 5.67. The number of alkyl halides is 3. The van der Waals surface area contributed by atoms with Gasteiger partial charge in [-0.15, -0.1) is 0 Å². The largest absolute Gasteiger partial charge is 0.436 e. The van der Waals surface area contributed by atoms with Crippen LogP contribution >= 0.6 is 0 Å². The fourth-order valence-corrected chi connectivity index (χ4v) is 3.03. The van der Waals surface area contributed by atoms with Crippen molar-refractivity contribution in [3.8, 4) is 0 Å². The molecule has 1 saturated heterocycles. The number of hydrogen-bond donors (Lipinski definition) is 1. The number of ether oxygens (including phenoxy) is 1. The van der Waals surface area contributed by atoms with Crippen molar-refractivity contribution in [2.75, 3.05) is 0 Å². The van der Waals surface area contributed by atoms with Gasteiger partial charge < -0.3 is 15.4 Å². The molecule has 1 fully saturated rings. The van der Waals surface area contributed by atoms with Gasteiger partial charge in [0.25, 0.3) is 12.3 Å². The summed E-state index contributed by atoms with van der Waals surface area (Å²) in [7, 11) is 0. The van der Waals surface area contributed by atoms with Crippen molar-refractivity contribution in [3.05, 3.63) is 35.1 Å². The lowest BCUT2D eigenvalue weighted by Gasteiger charge is -2.43. The van der Waals surface area contributed by atoms with Gasteiger partial charge in [0.2, 0.25) is 6.30 Å². The van der Waals surface area contributed by atoms with E-state index < -0.39 is 72.2 Å². The molecule has 0 bridgehead atoms. The molecule has 0 saturated carbocycles. The van der Waals surface area contributed by atoms with Crippen molar-refractivity contribution in [1.29, 1.82) is 0 Å². The molecule has 1 aromatic carbocycles. The highest BCUT2D eigenvalue weighted by atomic mass is 19.3. The van der Waals surface area contributed by atoms with Gasteiger partial charge >= 0.3 is 6.09 Å². The Hall–Kier alpha value is -2.46. The Morgan fingerprint density at radius 2 is 1.88 bits per heavy atom. The number of amides is 2. The fraction of sp³-hybridized carbons (Fsp3) is 0.467. The first kappa shape index (κ1) is 19.9. The van der Waals surface area contributed by atoms with E-state index in [0.29, 0.717) is 6.07 Å². The van der Waals surface area contributed by atoms with Crippen LogP contribution in [0.25, 0.3) is 0 Å². The van der Waals surface area contributed by atoms with Crippen LogP contribution in [0.5, 0.6) is 0 Å². The van der Waals surface area contributed by atoms with Crippen molar-refractivity contribution in [2.45, 2.75) is 44.1 Å². The molecule has 2 N–H and O–H groups in total. The minimum absolute atomic E-state index is 0.0642. The van der Waals surface area contributed by atoms with E-state index in [0.717, 1.165) is 6.92 Å². The van der Waals surface area contributed by atoms with E-state index in [4.69, 9.17) is 5.73 Å². The minimum atomic E-state index is -3.61. The van der Waals surface area contributed by atoms with E-state index in [-0.39, 0.29) is 11.0 Å². The number of carbonyl (C=O) groups excluding carboxylic acids is 2. The van der Waals surface area contributed by atoms with Crippen LogP contribution in [0.3, 0.4) is 0 Å². The Balaban J connectivity index is 2.51. The van der Waals surface area contributed by atoms with Gasteiger partial charge in [-0.05, 0) is 18.6 Å². The number of nitrogens with zero attached hydrogens (tertiary/aromatic N) is 1. The Labute approximate surface area is 143 Å². The standard InChI is InChI=1S/C15H14F6N2O3/c1-5-7(8-2-6(16)3-9(17)11(8)18)4-10(26-15(22)25)14(24)23(5)13(21)12(19)20/h2-3,5,7,10,12-13H,4H2,1H3,(H2,22,25). The molecule has 2 rings (SSSR count). The highest BCUT2D eigenvalue weighted by Crippen LogP contribution is 2.38. The molecule has 144 valence electrons. The lowest BCUT2D eigenvalue weighted by molar-refractivity contribution is -0.166. The van der Waals surface area contributed by atoms with Crippen LogP contribution < -0.4 is 5.73 Å². The van der Waals surface area contributed by atoms with Crippen molar-refractivity contribution in [2.24, 2.45) is 5.73 Å². The van der Waals surface area contributed by atoms with Crippen LogP contribution in [0.2, 0.25) is 0 Å². The van der Waals surface area contributed by atoms with Crippen LogP contribution in [0.1, 0.15) is 24.8 Å². The molecule has 11 heteroatoms. The number of carbonyl (C=O) groups is 2. The molecule has 5 nitrogen and oxygen atoms in total. The van der Waals surface area contributed by atoms with Crippen LogP contribution in [-0.2, 0) is 9.53 Å². The predicted octanol–water partition coefficient (Wildman–Crippen LogP) is 2.83. The molecular formula is C15H14F6N2O3. The maximum absolute atomic E-state index is 14.1. The molecule has 0 radical (unpaired) electrons. The Morgan fingerprint density at radius 3 is 2.42 bits per heavy atom. The van der Waals surface area contributed by atoms with Crippen LogP contribution in [0.15, 0.2) is 12.1 Å². The molecule has 0 aliphatic carbocycles. The molecule has 2 amide bonds. The van der Waals surface area contributed by atoms with Gasteiger partial charge in [0.1, 0.15) is 5.82 Å². The monoisotopic (exact) mass is 384 g/mol. The SMILES string of the molecule is CC1C(c2cc(F)cc(F)c2F)CC(OC(N)=O)C(=O)N1C(F)C(F)F. The zero-order chi connectivity index (χ0) is 19.8. The van der Waals surface area contributed by atoms with Gasteiger partial charge in [0.15, 0.2) is 17.7 Å². The molecule has 1 aliphatic heterocycles. The lowest BCUT2D eigenvalue weighted by atomic mass is 9.82. The first-order chi connectivity index (χ1) is 12.0. The average Bonchev–Trinajstić information content (AvgIpc) is 2.53. The van der Waals surface area contributed by atoms with Gasteiger partial charge in [-0.2, -0.15) is 0 Å². The lowest BCUT2D eigenvalue weighted by Crippen LogP contribution is -2.58. The van der Waals surface area contributed by atoms with Crippen molar-refractivity contribution < 1.29 is 40.7 Å². The van der Waals surface area contributed by atoms with Crippen molar-refractivity contribution in [3.63, 3.8) is 0 Å². The van der Waals surface area contributed by atoms with Crippen molar-refractivity contribution >= 4 is 12.0 Å². The number of likely N-dealkylation sites (tertiary alicyclic amines) is 1. The van der Waals surface area contributed by atoms with Crippen LogP contribution in [0, 0.1) is 17.5 Å². The topological polar surface area (TPSA) is 72.6 Å². The van der Waals surface area contributed by atoms with E-state index in [2.05, 4.69) is 4.74 Å². The average molecular weight is 384 g/mol. The molecule has 26 heavy (non-hydrogen) atoms. The number of benzene rings is 1. The van der Waals surface area contributed by atoms with Gasteiger partial charge in [-0.25, -0.2) is 31.1 Å². The maximum Gasteiger partial charge on any atom is 0.405 e. The predicted molar refractivity (Wildman–Crippen MR) is 75.3 cm³/mol. The number of halogens is 6. The zero-order valence-electron chi connectivity index (χ0n) is 13.3. The second-order valence-corrected chi connectivity index (χ2v) is 5.75. The highest BCUT2D eigenvalue weighted by Gasteiger charge is 2.48. The molecular weight excluding hydrogens is 370 g/mol. The number of primary amides is 1. The Bertz CT molecular complexity index is 717. The van der Waals surface area contributed by atoms with E-state index in [1.54, 1.807) is 0 Å².